The summed E-state index contributed by atoms with van der Waals surface area (Å²) in [4.78, 5) is 27.2. The van der Waals surface area contributed by atoms with Crippen LogP contribution in [0.25, 0.3) is 0 Å². The van der Waals surface area contributed by atoms with Crippen molar-refractivity contribution in [1.82, 2.24) is 5.01 Å². The minimum atomic E-state index is -0.142. The second-order valence-electron chi connectivity index (χ2n) is 7.44. The van der Waals surface area contributed by atoms with Crippen molar-refractivity contribution in [1.29, 1.82) is 0 Å². The average molecular weight is 390 g/mol. The van der Waals surface area contributed by atoms with Crippen molar-refractivity contribution in [2.75, 3.05) is 29.9 Å². The zero-order valence-electron chi connectivity index (χ0n) is 16.5. The van der Waals surface area contributed by atoms with Crippen LogP contribution in [-0.4, -0.2) is 42.2 Å². The van der Waals surface area contributed by atoms with E-state index in [9.17, 15) is 9.59 Å². The molecule has 2 heterocycles. The molecule has 0 atom stereocenters. The molecule has 6 heteroatoms. The number of benzene rings is 2. The number of hydrogen-bond acceptors (Lipinski definition) is 4. The van der Waals surface area contributed by atoms with Crippen molar-refractivity contribution in [3.8, 4) is 0 Å². The molecule has 0 saturated carbocycles. The summed E-state index contributed by atoms with van der Waals surface area (Å²) in [6.45, 7) is 2.60. The van der Waals surface area contributed by atoms with Crippen LogP contribution in [0.4, 0.5) is 11.4 Å². The average Bonchev–Trinajstić information content (AvgIpc) is 3.45. The molecule has 0 radical (unpaired) electrons. The van der Waals surface area contributed by atoms with E-state index >= 15 is 0 Å². The maximum atomic E-state index is 12.5. The van der Waals surface area contributed by atoms with Crippen LogP contribution in [0.5, 0.6) is 0 Å². The van der Waals surface area contributed by atoms with Crippen molar-refractivity contribution in [3.05, 3.63) is 60.2 Å². The maximum Gasteiger partial charge on any atom is 0.243 e. The van der Waals surface area contributed by atoms with Gasteiger partial charge in [-0.05, 0) is 30.5 Å². The van der Waals surface area contributed by atoms with Crippen LogP contribution in [0, 0.1) is 0 Å². The molecule has 0 unspecified atom stereocenters. The Morgan fingerprint density at radius 2 is 1.62 bits per heavy atom. The monoisotopic (exact) mass is 390 g/mol. The molecule has 0 spiro atoms. The summed E-state index contributed by atoms with van der Waals surface area (Å²) in [6, 6.07) is 17.8. The van der Waals surface area contributed by atoms with E-state index in [1.54, 1.807) is 0 Å². The number of carbonyl (C=O) groups is 2. The van der Waals surface area contributed by atoms with Crippen molar-refractivity contribution >= 4 is 28.9 Å². The second kappa shape index (κ2) is 8.90. The van der Waals surface area contributed by atoms with Gasteiger partial charge in [-0.25, -0.2) is 5.01 Å². The lowest BCUT2D eigenvalue weighted by atomic mass is 10.1. The molecule has 2 aromatic carbocycles. The highest BCUT2D eigenvalue weighted by Crippen LogP contribution is 2.28. The first-order valence-corrected chi connectivity index (χ1v) is 10.3. The highest BCUT2D eigenvalue weighted by molar-refractivity contribution is 6.03. The Morgan fingerprint density at radius 1 is 0.897 bits per heavy atom. The van der Waals surface area contributed by atoms with E-state index in [1.807, 2.05) is 54.6 Å². The summed E-state index contributed by atoms with van der Waals surface area (Å²) in [6.07, 6.45) is 3.41. The molecule has 6 nitrogen and oxygen atoms in total. The van der Waals surface area contributed by atoms with E-state index < -0.39 is 0 Å². The van der Waals surface area contributed by atoms with E-state index in [4.69, 9.17) is 0 Å². The lowest BCUT2D eigenvalue weighted by Gasteiger charge is -2.21. The number of hydrazone groups is 1. The van der Waals surface area contributed by atoms with Gasteiger partial charge >= 0.3 is 0 Å². The van der Waals surface area contributed by atoms with E-state index in [1.165, 1.54) is 17.9 Å². The number of nitrogens with one attached hydrogen (secondary N) is 1. The maximum absolute atomic E-state index is 12.5. The molecule has 1 fully saturated rings. The Labute approximate surface area is 171 Å². The first-order chi connectivity index (χ1) is 14.2. The van der Waals surface area contributed by atoms with Gasteiger partial charge in [-0.2, -0.15) is 5.10 Å². The van der Waals surface area contributed by atoms with Crippen LogP contribution in [0.15, 0.2) is 59.7 Å². The van der Waals surface area contributed by atoms with Crippen LogP contribution < -0.4 is 10.2 Å². The topological polar surface area (TPSA) is 65.0 Å². The number of hydrogen-bond donors (Lipinski definition) is 1. The molecule has 2 aromatic rings. The molecular weight excluding hydrogens is 364 g/mol. The van der Waals surface area contributed by atoms with E-state index in [-0.39, 0.29) is 24.7 Å². The predicted molar refractivity (Wildman–Crippen MR) is 115 cm³/mol. The summed E-state index contributed by atoms with van der Waals surface area (Å²) in [5, 5.41) is 8.92. The van der Waals surface area contributed by atoms with Crippen molar-refractivity contribution < 1.29 is 9.59 Å². The van der Waals surface area contributed by atoms with Crippen molar-refractivity contribution in [2.24, 2.45) is 5.10 Å². The third-order valence-corrected chi connectivity index (χ3v) is 5.39. The van der Waals surface area contributed by atoms with Gasteiger partial charge in [0.25, 0.3) is 0 Å². The molecule has 0 bridgehead atoms. The molecule has 2 aliphatic heterocycles. The molecule has 1 N–H and O–H groups in total. The predicted octanol–water partition coefficient (Wildman–Crippen LogP) is 3.64. The third-order valence-electron chi connectivity index (χ3n) is 5.39. The zero-order valence-corrected chi connectivity index (χ0v) is 16.5. The summed E-state index contributed by atoms with van der Waals surface area (Å²) in [5.74, 6) is -0.254. The SMILES string of the molecule is O=C(CCC(=O)N1CCC(c2ccccc2)=N1)Nc1ccccc1N1CCCC1. The van der Waals surface area contributed by atoms with Gasteiger partial charge in [0.2, 0.25) is 11.8 Å². The van der Waals surface area contributed by atoms with Crippen LogP contribution in [0.3, 0.4) is 0 Å². The molecule has 2 amide bonds. The van der Waals surface area contributed by atoms with Gasteiger partial charge in [-0.3, -0.25) is 9.59 Å². The minimum Gasteiger partial charge on any atom is -0.370 e. The Kier molecular flexibility index (Phi) is 5.89. The quantitative estimate of drug-likeness (QED) is 0.819. The molecule has 1 saturated heterocycles. The Hall–Kier alpha value is -3.15. The van der Waals surface area contributed by atoms with Gasteiger partial charge < -0.3 is 10.2 Å². The van der Waals surface area contributed by atoms with Crippen LogP contribution >= 0.6 is 0 Å². The first kappa shape index (κ1) is 19.2. The number of para-hydroxylation sites is 2. The third kappa shape index (κ3) is 4.65. The smallest absolute Gasteiger partial charge is 0.243 e. The molecule has 0 aromatic heterocycles. The van der Waals surface area contributed by atoms with Gasteiger partial charge in [-0.1, -0.05) is 42.5 Å². The number of carbonyl (C=O) groups excluding carboxylic acids is 2. The fraction of sp³-hybridized carbons (Fsp3) is 0.348. The van der Waals surface area contributed by atoms with Gasteiger partial charge in [0.05, 0.1) is 23.6 Å². The number of anilines is 2. The standard InChI is InChI=1S/C23H26N4O2/c28-22(24-20-10-4-5-11-21(20)26-15-6-7-16-26)12-13-23(29)27-17-14-19(25-27)18-8-2-1-3-9-18/h1-5,8-11H,6-7,12-17H2,(H,24,28). The highest BCUT2D eigenvalue weighted by Gasteiger charge is 2.22. The van der Waals surface area contributed by atoms with Gasteiger partial charge in [-0.15, -0.1) is 0 Å². The van der Waals surface area contributed by atoms with Crippen LogP contribution in [-0.2, 0) is 9.59 Å². The minimum absolute atomic E-state index is 0.112. The molecular formula is C23H26N4O2. The van der Waals surface area contributed by atoms with Crippen LogP contribution in [0.1, 0.15) is 37.7 Å². The molecule has 4 rings (SSSR count). The Bertz CT molecular complexity index is 904. The fourth-order valence-electron chi connectivity index (χ4n) is 3.85. The van der Waals surface area contributed by atoms with Gasteiger partial charge in [0.15, 0.2) is 0 Å². The fourth-order valence-corrected chi connectivity index (χ4v) is 3.85. The Balaban J connectivity index is 1.31. The number of amides is 2. The zero-order chi connectivity index (χ0) is 20.1. The molecule has 2 aliphatic rings. The molecule has 150 valence electrons. The largest absolute Gasteiger partial charge is 0.370 e. The number of rotatable bonds is 6. The van der Waals surface area contributed by atoms with Gasteiger partial charge in [0.1, 0.15) is 0 Å². The summed E-state index contributed by atoms with van der Waals surface area (Å²) in [5.41, 5.74) is 3.83. The summed E-state index contributed by atoms with van der Waals surface area (Å²) >= 11 is 0. The lowest BCUT2D eigenvalue weighted by molar-refractivity contribution is -0.132. The van der Waals surface area contributed by atoms with Crippen molar-refractivity contribution in [2.45, 2.75) is 32.1 Å². The lowest BCUT2D eigenvalue weighted by Crippen LogP contribution is -2.25. The first-order valence-electron chi connectivity index (χ1n) is 10.3. The van der Waals surface area contributed by atoms with E-state index in [2.05, 4.69) is 15.3 Å². The van der Waals surface area contributed by atoms with E-state index in [0.717, 1.165) is 42.2 Å². The van der Waals surface area contributed by atoms with Crippen LogP contribution in [0.2, 0.25) is 0 Å². The Morgan fingerprint density at radius 3 is 2.41 bits per heavy atom. The number of nitrogens with zero attached hydrogens (tertiary/aromatic N) is 3. The summed E-state index contributed by atoms with van der Waals surface area (Å²) < 4.78 is 0. The normalized spacial score (nSPS) is 16.1. The van der Waals surface area contributed by atoms with Crippen molar-refractivity contribution in [3.63, 3.8) is 0 Å². The summed E-state index contributed by atoms with van der Waals surface area (Å²) in [7, 11) is 0. The van der Waals surface area contributed by atoms with Gasteiger partial charge in [0, 0.05) is 32.4 Å². The second-order valence-corrected chi connectivity index (χ2v) is 7.44. The van der Waals surface area contributed by atoms with E-state index in [0.29, 0.717) is 6.54 Å². The molecule has 0 aliphatic carbocycles. The molecule has 29 heavy (non-hydrogen) atoms. The highest BCUT2D eigenvalue weighted by atomic mass is 16.2.